The Morgan fingerprint density at radius 2 is 2.29 bits per heavy atom. The first kappa shape index (κ1) is 17.4. The van der Waals surface area contributed by atoms with Gasteiger partial charge in [0, 0.05) is 13.7 Å². The molecule has 1 aromatic heterocycles. The fourth-order valence-corrected chi connectivity index (χ4v) is 1.75. The average Bonchev–Trinajstić information content (AvgIpc) is 2.46. The molecule has 0 aliphatic heterocycles. The molecule has 0 aliphatic rings. The van der Waals surface area contributed by atoms with Gasteiger partial charge in [-0.1, -0.05) is 11.6 Å². The third-order valence-electron chi connectivity index (χ3n) is 2.64. The van der Waals surface area contributed by atoms with Gasteiger partial charge in [0.25, 0.3) is 5.56 Å². The molecule has 1 aromatic rings. The lowest BCUT2D eigenvalue weighted by Crippen LogP contribution is -2.28. The lowest BCUT2D eigenvalue weighted by atomic mass is 10.2. The summed E-state index contributed by atoms with van der Waals surface area (Å²) in [4.78, 5) is 23.0. The molecule has 0 saturated heterocycles. The first-order chi connectivity index (χ1) is 9.99. The first-order valence-corrected chi connectivity index (χ1v) is 6.60. The molecule has 0 amide bonds. The van der Waals surface area contributed by atoms with Crippen molar-refractivity contribution in [2.24, 2.45) is 0 Å². The summed E-state index contributed by atoms with van der Waals surface area (Å²) >= 11 is 5.93. The van der Waals surface area contributed by atoms with Crippen LogP contribution in [0.3, 0.4) is 0 Å². The van der Waals surface area contributed by atoms with Crippen molar-refractivity contribution in [1.29, 1.82) is 0 Å². The second-order valence-corrected chi connectivity index (χ2v) is 4.61. The Hall–Kier alpha value is -1.64. The fourth-order valence-electron chi connectivity index (χ4n) is 1.54. The monoisotopic (exact) mass is 319 g/mol. The van der Waals surface area contributed by atoms with Crippen molar-refractivity contribution in [3.8, 4) is 0 Å². The highest BCUT2D eigenvalue weighted by molar-refractivity contribution is 6.32. The number of aromatic nitrogens is 2. The summed E-state index contributed by atoms with van der Waals surface area (Å²) in [6, 6.07) is 0. The zero-order valence-electron chi connectivity index (χ0n) is 11.8. The summed E-state index contributed by atoms with van der Waals surface area (Å²) in [5, 5.41) is 16.1. The van der Waals surface area contributed by atoms with E-state index in [0.29, 0.717) is 18.7 Å². The number of rotatable bonds is 8. The van der Waals surface area contributed by atoms with E-state index in [1.807, 2.05) is 0 Å². The molecule has 0 spiro atoms. The van der Waals surface area contributed by atoms with Crippen molar-refractivity contribution in [1.82, 2.24) is 9.78 Å². The van der Waals surface area contributed by atoms with Crippen molar-refractivity contribution in [3.63, 3.8) is 0 Å². The maximum absolute atomic E-state index is 11.9. The highest BCUT2D eigenvalue weighted by Crippen LogP contribution is 2.15. The van der Waals surface area contributed by atoms with Crippen LogP contribution in [0.5, 0.6) is 0 Å². The van der Waals surface area contributed by atoms with Gasteiger partial charge < -0.3 is 19.9 Å². The van der Waals surface area contributed by atoms with Crippen LogP contribution in [0.2, 0.25) is 5.02 Å². The number of carbonyl (C=O) groups excluding carboxylic acids is 1. The molecule has 0 saturated carbocycles. The number of halogens is 1. The molecule has 1 atom stereocenters. The maximum atomic E-state index is 11.9. The number of anilines is 1. The molecule has 1 unspecified atom stereocenters. The van der Waals surface area contributed by atoms with Crippen LogP contribution in [0.15, 0.2) is 11.0 Å². The quantitative estimate of drug-likeness (QED) is 0.644. The highest BCUT2D eigenvalue weighted by Gasteiger charge is 2.12. The standard InChI is InChI=1S/C12H18ClN3O5/c1-20-7-8(17)3-4-14-9-5-15-16(6-10(18)21-2)12(19)11(9)13/h5,8,14,17H,3-4,6-7H2,1-2H3. The number of nitrogens with zero attached hydrogens (tertiary/aromatic N) is 2. The van der Waals surface area contributed by atoms with Crippen molar-refractivity contribution in [2.75, 3.05) is 32.7 Å². The van der Waals surface area contributed by atoms with Crippen LogP contribution in [0, 0.1) is 0 Å². The van der Waals surface area contributed by atoms with E-state index in [4.69, 9.17) is 16.3 Å². The van der Waals surface area contributed by atoms with Crippen molar-refractivity contribution >= 4 is 23.3 Å². The Kier molecular flexibility index (Phi) is 7.13. The predicted octanol–water partition coefficient (Wildman–Crippen LogP) is -0.121. The molecule has 0 bridgehead atoms. The second-order valence-electron chi connectivity index (χ2n) is 4.24. The number of nitrogens with one attached hydrogen (secondary N) is 1. The number of aliphatic hydroxyl groups excluding tert-OH is 1. The van der Waals surface area contributed by atoms with Gasteiger partial charge >= 0.3 is 5.97 Å². The summed E-state index contributed by atoms with van der Waals surface area (Å²) in [5.41, 5.74) is -0.253. The van der Waals surface area contributed by atoms with E-state index >= 15 is 0 Å². The fraction of sp³-hybridized carbons (Fsp3) is 0.583. The second kappa shape index (κ2) is 8.60. The third-order valence-corrected chi connectivity index (χ3v) is 3.01. The minimum Gasteiger partial charge on any atom is -0.468 e. The van der Waals surface area contributed by atoms with E-state index in [0.717, 1.165) is 4.68 Å². The zero-order chi connectivity index (χ0) is 15.8. The Morgan fingerprint density at radius 1 is 1.57 bits per heavy atom. The van der Waals surface area contributed by atoms with E-state index < -0.39 is 17.6 Å². The number of hydrogen-bond acceptors (Lipinski definition) is 7. The number of hydrogen-bond donors (Lipinski definition) is 2. The Morgan fingerprint density at radius 3 is 2.90 bits per heavy atom. The van der Waals surface area contributed by atoms with Gasteiger partial charge in [0.2, 0.25) is 0 Å². The molecule has 1 heterocycles. The summed E-state index contributed by atoms with van der Waals surface area (Å²) < 4.78 is 10.2. The molecule has 118 valence electrons. The lowest BCUT2D eigenvalue weighted by molar-refractivity contribution is -0.141. The summed E-state index contributed by atoms with van der Waals surface area (Å²) in [5.74, 6) is -0.593. The molecule has 0 aromatic carbocycles. The number of ether oxygens (including phenoxy) is 2. The SMILES string of the molecule is COCC(O)CCNc1cnn(CC(=O)OC)c(=O)c1Cl. The minimum absolute atomic E-state index is 0.0739. The van der Waals surface area contributed by atoms with Crippen LogP contribution in [-0.4, -0.2) is 54.3 Å². The van der Waals surface area contributed by atoms with Gasteiger partial charge in [0.1, 0.15) is 11.6 Å². The lowest BCUT2D eigenvalue weighted by Gasteiger charge is -2.12. The van der Waals surface area contributed by atoms with E-state index in [2.05, 4.69) is 15.2 Å². The molecule has 9 heteroatoms. The number of aliphatic hydroxyl groups is 1. The highest BCUT2D eigenvalue weighted by atomic mass is 35.5. The van der Waals surface area contributed by atoms with Crippen LogP contribution in [0.1, 0.15) is 6.42 Å². The van der Waals surface area contributed by atoms with Crippen molar-refractivity contribution in [3.05, 3.63) is 21.6 Å². The van der Waals surface area contributed by atoms with Crippen LogP contribution in [0.4, 0.5) is 5.69 Å². The molecule has 0 aliphatic carbocycles. The number of esters is 1. The Balaban J connectivity index is 2.67. The van der Waals surface area contributed by atoms with E-state index in [1.165, 1.54) is 20.4 Å². The molecule has 8 nitrogen and oxygen atoms in total. The molecule has 1 rings (SSSR count). The van der Waals surface area contributed by atoms with Crippen molar-refractivity contribution in [2.45, 2.75) is 19.1 Å². The molecular formula is C12H18ClN3O5. The third kappa shape index (κ3) is 5.33. The van der Waals surface area contributed by atoms with Crippen LogP contribution >= 0.6 is 11.6 Å². The molecule has 0 radical (unpaired) electrons. The van der Waals surface area contributed by atoms with Gasteiger partial charge in [-0.05, 0) is 6.42 Å². The molecule has 0 fully saturated rings. The topological polar surface area (TPSA) is 103 Å². The Labute approximate surface area is 126 Å². The first-order valence-electron chi connectivity index (χ1n) is 6.23. The summed E-state index contributed by atoms with van der Waals surface area (Å²) in [6.45, 7) is 0.322. The number of methoxy groups -OCH3 is 2. The number of carbonyl (C=O) groups is 1. The Bertz CT molecular complexity index is 534. The van der Waals surface area contributed by atoms with E-state index in [1.54, 1.807) is 0 Å². The predicted molar refractivity (Wildman–Crippen MR) is 76.5 cm³/mol. The van der Waals surface area contributed by atoms with E-state index in [-0.39, 0.29) is 18.2 Å². The minimum atomic E-state index is -0.603. The van der Waals surface area contributed by atoms with Crippen LogP contribution in [-0.2, 0) is 20.8 Å². The molecule has 2 N–H and O–H groups in total. The molecule has 21 heavy (non-hydrogen) atoms. The maximum Gasteiger partial charge on any atom is 0.327 e. The van der Waals surface area contributed by atoms with Gasteiger partial charge in [-0.25, -0.2) is 4.68 Å². The van der Waals surface area contributed by atoms with E-state index in [9.17, 15) is 14.7 Å². The van der Waals surface area contributed by atoms with Crippen LogP contribution < -0.4 is 10.9 Å². The zero-order valence-corrected chi connectivity index (χ0v) is 12.6. The summed E-state index contributed by atoms with van der Waals surface area (Å²) in [6.07, 6.45) is 1.17. The van der Waals surface area contributed by atoms with Gasteiger partial charge in [0.15, 0.2) is 0 Å². The smallest absolute Gasteiger partial charge is 0.327 e. The molecular weight excluding hydrogens is 302 g/mol. The van der Waals surface area contributed by atoms with Gasteiger partial charge in [0.05, 0.1) is 31.7 Å². The normalized spacial score (nSPS) is 12.0. The van der Waals surface area contributed by atoms with Crippen LogP contribution in [0.25, 0.3) is 0 Å². The van der Waals surface area contributed by atoms with Gasteiger partial charge in [-0.3, -0.25) is 9.59 Å². The average molecular weight is 320 g/mol. The van der Waals surface area contributed by atoms with Gasteiger partial charge in [-0.2, -0.15) is 5.10 Å². The largest absolute Gasteiger partial charge is 0.468 e. The van der Waals surface area contributed by atoms with Crippen molar-refractivity contribution < 1.29 is 19.4 Å². The summed E-state index contributed by atoms with van der Waals surface area (Å²) in [7, 11) is 2.72. The van der Waals surface area contributed by atoms with Gasteiger partial charge in [-0.15, -0.1) is 0 Å².